The van der Waals surface area contributed by atoms with Gasteiger partial charge in [-0.3, -0.25) is 0 Å². The molecule has 1 heterocycles. The summed E-state index contributed by atoms with van der Waals surface area (Å²) in [6.07, 6.45) is -4.89. The lowest BCUT2D eigenvalue weighted by Gasteiger charge is -2.05. The van der Waals surface area contributed by atoms with Crippen molar-refractivity contribution in [3.8, 4) is 11.3 Å². The smallest absolute Gasteiger partial charge is 0.450 e. The van der Waals surface area contributed by atoms with E-state index in [1.807, 2.05) is 0 Å². The monoisotopic (exact) mass is 333 g/mol. The molecule has 0 atom stereocenters. The first-order valence-electron chi connectivity index (χ1n) is 4.97. The van der Waals surface area contributed by atoms with Gasteiger partial charge in [0.2, 0.25) is 5.76 Å². The van der Waals surface area contributed by atoms with E-state index in [0.29, 0.717) is 5.56 Å². The summed E-state index contributed by atoms with van der Waals surface area (Å²) in [6, 6.07) is 7.01. The number of carbonyl (C=O) groups excluding carboxylic acids is 1. The molecule has 1 aromatic heterocycles. The summed E-state index contributed by atoms with van der Waals surface area (Å²) < 4.78 is 43.2. The number of benzene rings is 1. The molecule has 0 fully saturated rings. The summed E-state index contributed by atoms with van der Waals surface area (Å²) in [6.45, 7) is 0. The largest absolute Gasteiger partial charge is 0.545 e. The fourth-order valence-electron chi connectivity index (χ4n) is 1.51. The molecule has 0 N–H and O–H groups in total. The first kappa shape index (κ1) is 13.7. The van der Waals surface area contributed by atoms with E-state index in [1.54, 1.807) is 12.1 Å². The summed E-state index contributed by atoms with van der Waals surface area (Å²) in [5.41, 5.74) is -0.674. The van der Waals surface area contributed by atoms with Gasteiger partial charge in [0.25, 0.3) is 0 Å². The van der Waals surface area contributed by atoms with E-state index in [-0.39, 0.29) is 5.76 Å². The summed E-state index contributed by atoms with van der Waals surface area (Å²) in [5, 5.41) is 10.7. The Hall–Kier alpha value is -1.76. The lowest BCUT2D eigenvalue weighted by molar-refractivity contribution is -0.256. The van der Waals surface area contributed by atoms with Crippen LogP contribution in [0.5, 0.6) is 0 Å². The van der Waals surface area contributed by atoms with Gasteiger partial charge in [-0.15, -0.1) is 0 Å². The van der Waals surface area contributed by atoms with Crippen LogP contribution in [0.3, 0.4) is 0 Å². The van der Waals surface area contributed by atoms with Crippen LogP contribution >= 0.6 is 15.9 Å². The fourth-order valence-corrected chi connectivity index (χ4v) is 1.77. The summed E-state index contributed by atoms with van der Waals surface area (Å²) in [5.74, 6) is -3.68. The van der Waals surface area contributed by atoms with Crippen molar-refractivity contribution in [2.45, 2.75) is 6.18 Å². The second-order valence-corrected chi connectivity index (χ2v) is 4.56. The topological polar surface area (TPSA) is 53.3 Å². The summed E-state index contributed by atoms with van der Waals surface area (Å²) >= 11 is 3.18. The number of carboxylic acid groups (broad SMARTS) is 1. The molecule has 3 nitrogen and oxygen atoms in total. The summed E-state index contributed by atoms with van der Waals surface area (Å²) in [7, 11) is 0. The van der Waals surface area contributed by atoms with E-state index >= 15 is 0 Å². The Kier molecular flexibility index (Phi) is 3.40. The van der Waals surface area contributed by atoms with Crippen molar-refractivity contribution in [2.24, 2.45) is 0 Å². The van der Waals surface area contributed by atoms with Crippen molar-refractivity contribution >= 4 is 21.9 Å². The van der Waals surface area contributed by atoms with E-state index in [0.717, 1.165) is 10.5 Å². The molecule has 0 radical (unpaired) electrons. The molecule has 0 amide bonds. The zero-order valence-electron chi connectivity index (χ0n) is 9.12. The Bertz CT molecular complexity index is 614. The van der Waals surface area contributed by atoms with Crippen molar-refractivity contribution < 1.29 is 27.5 Å². The molecule has 0 aliphatic rings. The number of furan rings is 1. The average molecular weight is 334 g/mol. The third-order valence-electron chi connectivity index (χ3n) is 2.34. The predicted octanol–water partition coefficient (Wildman–Crippen LogP) is 3.09. The lowest BCUT2D eigenvalue weighted by Crippen LogP contribution is -2.24. The van der Waals surface area contributed by atoms with Crippen LogP contribution in [0.1, 0.15) is 16.1 Å². The van der Waals surface area contributed by atoms with Gasteiger partial charge in [0.1, 0.15) is 5.76 Å². The highest BCUT2D eigenvalue weighted by molar-refractivity contribution is 9.10. The van der Waals surface area contributed by atoms with Gasteiger partial charge in [-0.05, 0) is 18.2 Å². The Morgan fingerprint density at radius 1 is 1.21 bits per heavy atom. The Morgan fingerprint density at radius 2 is 1.79 bits per heavy atom. The van der Waals surface area contributed by atoms with Gasteiger partial charge in [0.05, 0.1) is 5.97 Å². The van der Waals surface area contributed by atoms with Crippen molar-refractivity contribution in [1.82, 2.24) is 0 Å². The van der Waals surface area contributed by atoms with Crippen LogP contribution in [0.4, 0.5) is 13.2 Å². The minimum absolute atomic E-state index is 0.181. The molecule has 1 aromatic carbocycles. The van der Waals surface area contributed by atoms with Crippen LogP contribution < -0.4 is 5.11 Å². The minimum atomic E-state index is -4.89. The van der Waals surface area contributed by atoms with Gasteiger partial charge in [-0.25, -0.2) is 0 Å². The van der Waals surface area contributed by atoms with Gasteiger partial charge in [-0.1, -0.05) is 28.1 Å². The molecule has 0 spiro atoms. The lowest BCUT2D eigenvalue weighted by atomic mass is 10.1. The van der Waals surface area contributed by atoms with Gasteiger partial charge < -0.3 is 14.3 Å². The van der Waals surface area contributed by atoms with Crippen LogP contribution in [0, 0.1) is 0 Å². The molecule has 0 bridgehead atoms. The van der Waals surface area contributed by atoms with Crippen molar-refractivity contribution in [1.29, 1.82) is 0 Å². The molecule has 100 valence electrons. The number of rotatable bonds is 2. The van der Waals surface area contributed by atoms with Gasteiger partial charge >= 0.3 is 6.18 Å². The minimum Gasteiger partial charge on any atom is -0.545 e. The first-order valence-corrected chi connectivity index (χ1v) is 5.76. The highest BCUT2D eigenvalue weighted by Gasteiger charge is 2.38. The number of carbonyl (C=O) groups is 1. The molecule has 7 heteroatoms. The van der Waals surface area contributed by atoms with Crippen LogP contribution in [-0.2, 0) is 6.18 Å². The number of hydrogen-bond donors (Lipinski definition) is 0. The molecule has 0 saturated carbocycles. The highest BCUT2D eigenvalue weighted by Crippen LogP contribution is 2.37. The molecular formula is C12H5BrF3O3-. The Balaban J connectivity index is 2.55. The van der Waals surface area contributed by atoms with Crippen LogP contribution in [0.2, 0.25) is 0 Å². The van der Waals surface area contributed by atoms with E-state index in [1.165, 1.54) is 12.1 Å². The average Bonchev–Trinajstić information content (AvgIpc) is 2.74. The molecular weight excluding hydrogens is 329 g/mol. The first-order chi connectivity index (χ1) is 8.79. The van der Waals surface area contributed by atoms with Crippen molar-refractivity contribution in [2.75, 3.05) is 0 Å². The van der Waals surface area contributed by atoms with E-state index in [2.05, 4.69) is 20.3 Å². The van der Waals surface area contributed by atoms with Crippen LogP contribution in [0.15, 0.2) is 39.2 Å². The third-order valence-corrected chi connectivity index (χ3v) is 2.87. The second-order valence-electron chi connectivity index (χ2n) is 3.65. The Morgan fingerprint density at radius 3 is 2.21 bits per heavy atom. The van der Waals surface area contributed by atoms with Crippen molar-refractivity contribution in [3.63, 3.8) is 0 Å². The maximum absolute atomic E-state index is 12.6. The van der Waals surface area contributed by atoms with Gasteiger partial charge in [-0.2, -0.15) is 13.2 Å². The van der Waals surface area contributed by atoms with Gasteiger partial charge in [0.15, 0.2) is 0 Å². The second kappa shape index (κ2) is 4.73. The fraction of sp³-hybridized carbons (Fsp3) is 0.0833. The number of halogens is 4. The molecule has 2 aromatic rings. The molecule has 0 aliphatic heterocycles. The zero-order chi connectivity index (χ0) is 14.2. The highest BCUT2D eigenvalue weighted by atomic mass is 79.9. The normalized spacial score (nSPS) is 11.6. The van der Waals surface area contributed by atoms with E-state index in [9.17, 15) is 23.1 Å². The van der Waals surface area contributed by atoms with Gasteiger partial charge in [0, 0.05) is 15.6 Å². The standard InChI is InChI=1S/C12H6BrF3O3/c13-7-3-1-6(2-4-7)9-5-8(11(17)18)10(19-9)12(14,15)16/h1-5H,(H,17,18)/p-1. The van der Waals surface area contributed by atoms with E-state index in [4.69, 9.17) is 0 Å². The maximum Gasteiger partial charge on any atom is 0.450 e. The van der Waals surface area contributed by atoms with Crippen molar-refractivity contribution in [3.05, 3.63) is 46.1 Å². The molecule has 0 unspecified atom stereocenters. The number of aromatic carboxylic acids is 1. The zero-order valence-corrected chi connectivity index (χ0v) is 10.7. The molecule has 2 rings (SSSR count). The number of hydrogen-bond acceptors (Lipinski definition) is 3. The SMILES string of the molecule is O=C([O-])c1cc(-c2ccc(Br)cc2)oc1C(F)(F)F. The maximum atomic E-state index is 12.6. The van der Waals surface area contributed by atoms with E-state index < -0.39 is 23.5 Å². The number of carboxylic acids is 1. The Labute approximate surface area is 113 Å². The third kappa shape index (κ3) is 2.81. The predicted molar refractivity (Wildman–Crippen MR) is 61.2 cm³/mol. The molecule has 19 heavy (non-hydrogen) atoms. The van der Waals surface area contributed by atoms with Crippen LogP contribution in [-0.4, -0.2) is 5.97 Å². The summed E-state index contributed by atoms with van der Waals surface area (Å²) in [4.78, 5) is 10.7. The van der Waals surface area contributed by atoms with Crippen LogP contribution in [0.25, 0.3) is 11.3 Å². The molecule has 0 saturated heterocycles. The number of alkyl halides is 3. The molecule has 0 aliphatic carbocycles. The quantitative estimate of drug-likeness (QED) is 0.848.